The molecule has 0 aromatic heterocycles. The third-order valence-electron chi connectivity index (χ3n) is 3.10. The van der Waals surface area contributed by atoms with E-state index in [0.29, 0.717) is 11.8 Å². The molecule has 0 bridgehead atoms. The van der Waals surface area contributed by atoms with Gasteiger partial charge in [0, 0.05) is 0 Å². The molecule has 0 heterocycles. The molecule has 0 aliphatic heterocycles. The maximum atomic E-state index is 11.3. The van der Waals surface area contributed by atoms with Gasteiger partial charge in [0.15, 0.2) is 0 Å². The predicted octanol–water partition coefficient (Wildman–Crippen LogP) is 3.16. The largest absolute Gasteiger partial charge is 0.457 e. The topological polar surface area (TPSA) is 61.6 Å². The van der Waals surface area contributed by atoms with E-state index < -0.39 is 12.0 Å². The maximum absolute atomic E-state index is 11.3. The number of esters is 1. The Morgan fingerprint density at radius 3 is 2.00 bits per heavy atom. The summed E-state index contributed by atoms with van der Waals surface area (Å²) in [6.45, 7) is 9.93. The van der Waals surface area contributed by atoms with E-state index in [2.05, 4.69) is 27.7 Å². The summed E-state index contributed by atoms with van der Waals surface area (Å²) in [5.41, 5.74) is 7.68. The van der Waals surface area contributed by atoms with Gasteiger partial charge in [-0.15, -0.1) is 0 Å². The number of benzene rings is 1. The standard InChI is InChI=1S/C16H25NO3/c1-10(2)13-7-6-8-14(11(3)4)15(13)19-9-20-16(18)12(5)17/h6-8,10-12H,9,17H2,1-5H3. The molecule has 0 saturated heterocycles. The van der Waals surface area contributed by atoms with Crippen LogP contribution in [0.2, 0.25) is 0 Å². The van der Waals surface area contributed by atoms with E-state index >= 15 is 0 Å². The molecular weight excluding hydrogens is 254 g/mol. The second kappa shape index (κ2) is 7.29. The van der Waals surface area contributed by atoms with Crippen molar-refractivity contribution in [3.8, 4) is 5.75 Å². The minimum atomic E-state index is -0.636. The number of carbonyl (C=O) groups excluding carboxylic acids is 1. The molecule has 0 amide bonds. The maximum Gasteiger partial charge on any atom is 0.325 e. The van der Waals surface area contributed by atoms with Crippen LogP contribution in [0.25, 0.3) is 0 Å². The van der Waals surface area contributed by atoms with Crippen LogP contribution >= 0.6 is 0 Å². The highest BCUT2D eigenvalue weighted by Crippen LogP contribution is 2.34. The normalized spacial score (nSPS) is 12.6. The Hall–Kier alpha value is -1.55. The van der Waals surface area contributed by atoms with Crippen LogP contribution in [0.5, 0.6) is 5.75 Å². The van der Waals surface area contributed by atoms with Crippen molar-refractivity contribution in [3.05, 3.63) is 29.3 Å². The first kappa shape index (κ1) is 16.5. The fraction of sp³-hybridized carbons (Fsp3) is 0.562. The van der Waals surface area contributed by atoms with Gasteiger partial charge in [-0.2, -0.15) is 0 Å². The highest BCUT2D eigenvalue weighted by molar-refractivity contribution is 5.74. The van der Waals surface area contributed by atoms with Crippen LogP contribution < -0.4 is 10.5 Å². The molecule has 112 valence electrons. The van der Waals surface area contributed by atoms with Crippen LogP contribution in [0.15, 0.2) is 18.2 Å². The van der Waals surface area contributed by atoms with Crippen LogP contribution in [0.4, 0.5) is 0 Å². The van der Waals surface area contributed by atoms with Gasteiger partial charge in [-0.3, -0.25) is 4.79 Å². The monoisotopic (exact) mass is 279 g/mol. The van der Waals surface area contributed by atoms with E-state index in [9.17, 15) is 4.79 Å². The second-order valence-corrected chi connectivity index (χ2v) is 5.59. The second-order valence-electron chi connectivity index (χ2n) is 5.59. The van der Waals surface area contributed by atoms with Gasteiger partial charge >= 0.3 is 5.97 Å². The van der Waals surface area contributed by atoms with Crippen molar-refractivity contribution in [2.75, 3.05) is 6.79 Å². The number of para-hydroxylation sites is 1. The Bertz CT molecular complexity index is 427. The summed E-state index contributed by atoms with van der Waals surface area (Å²) in [7, 11) is 0. The molecule has 0 radical (unpaired) electrons. The third-order valence-corrected chi connectivity index (χ3v) is 3.10. The van der Waals surface area contributed by atoms with Crippen LogP contribution in [-0.2, 0) is 9.53 Å². The number of hydrogen-bond donors (Lipinski definition) is 1. The van der Waals surface area contributed by atoms with E-state index in [1.165, 1.54) is 0 Å². The summed E-state index contributed by atoms with van der Waals surface area (Å²) in [6, 6.07) is 5.48. The summed E-state index contributed by atoms with van der Waals surface area (Å²) in [4.78, 5) is 11.3. The van der Waals surface area contributed by atoms with Gasteiger partial charge in [-0.05, 0) is 29.9 Å². The fourth-order valence-corrected chi connectivity index (χ4v) is 1.93. The van der Waals surface area contributed by atoms with Gasteiger partial charge in [-0.1, -0.05) is 45.9 Å². The SMILES string of the molecule is CC(N)C(=O)OCOc1c(C(C)C)cccc1C(C)C. The Labute approximate surface area is 121 Å². The summed E-state index contributed by atoms with van der Waals surface area (Å²) in [6.07, 6.45) is 0. The molecule has 1 aromatic carbocycles. The summed E-state index contributed by atoms with van der Waals surface area (Å²) >= 11 is 0. The van der Waals surface area contributed by atoms with Crippen molar-refractivity contribution in [1.82, 2.24) is 0 Å². The lowest BCUT2D eigenvalue weighted by atomic mass is 9.94. The Morgan fingerprint density at radius 2 is 1.60 bits per heavy atom. The zero-order valence-corrected chi connectivity index (χ0v) is 13.0. The number of nitrogens with two attached hydrogens (primary N) is 1. The van der Waals surface area contributed by atoms with E-state index in [0.717, 1.165) is 16.9 Å². The lowest BCUT2D eigenvalue weighted by molar-refractivity contribution is -0.151. The van der Waals surface area contributed by atoms with Crippen LogP contribution in [-0.4, -0.2) is 18.8 Å². The van der Waals surface area contributed by atoms with Crippen LogP contribution in [0.1, 0.15) is 57.6 Å². The van der Waals surface area contributed by atoms with Gasteiger partial charge in [0.05, 0.1) is 0 Å². The van der Waals surface area contributed by atoms with Gasteiger partial charge in [-0.25, -0.2) is 0 Å². The van der Waals surface area contributed by atoms with Crippen LogP contribution in [0.3, 0.4) is 0 Å². The minimum Gasteiger partial charge on any atom is -0.457 e. The highest BCUT2D eigenvalue weighted by atomic mass is 16.7. The molecule has 0 aliphatic rings. The summed E-state index contributed by atoms with van der Waals surface area (Å²) in [5, 5.41) is 0. The molecule has 4 nitrogen and oxygen atoms in total. The fourth-order valence-electron chi connectivity index (χ4n) is 1.93. The first-order valence-electron chi connectivity index (χ1n) is 7.02. The van der Waals surface area contributed by atoms with Crippen molar-refractivity contribution >= 4 is 5.97 Å². The van der Waals surface area contributed by atoms with Crippen molar-refractivity contribution < 1.29 is 14.3 Å². The molecule has 1 unspecified atom stereocenters. The van der Waals surface area contributed by atoms with Gasteiger partial charge in [0.1, 0.15) is 11.8 Å². The van der Waals surface area contributed by atoms with Crippen molar-refractivity contribution in [3.63, 3.8) is 0 Å². The summed E-state index contributed by atoms with van der Waals surface area (Å²) < 4.78 is 10.7. The Kier molecular flexibility index (Phi) is 6.02. The smallest absolute Gasteiger partial charge is 0.325 e. The third kappa shape index (κ3) is 4.23. The van der Waals surface area contributed by atoms with Crippen LogP contribution in [0, 0.1) is 0 Å². The minimum absolute atomic E-state index is 0.107. The van der Waals surface area contributed by atoms with Crippen molar-refractivity contribution in [1.29, 1.82) is 0 Å². The quantitative estimate of drug-likeness (QED) is 0.642. The first-order valence-corrected chi connectivity index (χ1v) is 7.02. The Morgan fingerprint density at radius 1 is 1.10 bits per heavy atom. The summed E-state index contributed by atoms with van der Waals surface area (Å²) in [5.74, 6) is 1.04. The van der Waals surface area contributed by atoms with Gasteiger partial charge < -0.3 is 15.2 Å². The number of carbonyl (C=O) groups is 1. The predicted molar refractivity (Wildman–Crippen MR) is 79.9 cm³/mol. The average molecular weight is 279 g/mol. The molecule has 1 atom stereocenters. The molecular formula is C16H25NO3. The Balaban J connectivity index is 2.88. The average Bonchev–Trinajstić information content (AvgIpc) is 2.37. The molecule has 1 rings (SSSR count). The molecule has 0 spiro atoms. The van der Waals surface area contributed by atoms with E-state index in [1.54, 1.807) is 6.92 Å². The van der Waals surface area contributed by atoms with Crippen molar-refractivity contribution in [2.45, 2.75) is 52.5 Å². The van der Waals surface area contributed by atoms with E-state index in [1.807, 2.05) is 18.2 Å². The molecule has 4 heteroatoms. The number of rotatable bonds is 6. The van der Waals surface area contributed by atoms with Crippen molar-refractivity contribution in [2.24, 2.45) is 5.73 Å². The highest BCUT2D eigenvalue weighted by Gasteiger charge is 2.16. The number of hydrogen-bond acceptors (Lipinski definition) is 4. The molecule has 20 heavy (non-hydrogen) atoms. The van der Waals surface area contributed by atoms with Gasteiger partial charge in [0.25, 0.3) is 0 Å². The van der Waals surface area contributed by atoms with Gasteiger partial charge in [0.2, 0.25) is 6.79 Å². The molecule has 1 aromatic rings. The molecule has 2 N–H and O–H groups in total. The van der Waals surface area contributed by atoms with E-state index in [-0.39, 0.29) is 6.79 Å². The molecule has 0 aliphatic carbocycles. The number of ether oxygens (including phenoxy) is 2. The zero-order valence-electron chi connectivity index (χ0n) is 13.0. The first-order chi connectivity index (χ1) is 9.34. The molecule has 0 saturated carbocycles. The molecule has 0 fully saturated rings. The lowest BCUT2D eigenvalue weighted by Gasteiger charge is -2.20. The lowest BCUT2D eigenvalue weighted by Crippen LogP contribution is -2.30. The van der Waals surface area contributed by atoms with E-state index in [4.69, 9.17) is 15.2 Å². The zero-order chi connectivity index (χ0) is 15.3.